The minimum Gasteiger partial charge on any atom is -0.289 e. The second-order valence-corrected chi connectivity index (χ2v) is 18.6. The maximum absolute atomic E-state index is 13.2. The molecule has 262 valence electrons. The van der Waals surface area contributed by atoms with E-state index < -0.39 is 0 Å². The minimum absolute atomic E-state index is 0.0925. The molecule has 0 aromatic heterocycles. The molecule has 0 bridgehead atoms. The van der Waals surface area contributed by atoms with Gasteiger partial charge in [-0.1, -0.05) is 95.2 Å². The largest absolute Gasteiger partial charge is 0.289 e. The summed E-state index contributed by atoms with van der Waals surface area (Å²) in [4.78, 5) is 26.5. The molecule has 0 spiro atoms. The van der Waals surface area contributed by atoms with E-state index in [1.807, 2.05) is 60.7 Å². The van der Waals surface area contributed by atoms with Gasteiger partial charge in [-0.25, -0.2) is 0 Å². The molecule has 0 amide bonds. The highest BCUT2D eigenvalue weighted by molar-refractivity contribution is 9.11. The van der Waals surface area contributed by atoms with Gasteiger partial charge in [0.25, 0.3) is 0 Å². The molecule has 0 saturated carbocycles. The number of ketones is 2. The van der Waals surface area contributed by atoms with Gasteiger partial charge in [-0.15, -0.1) is 10.2 Å². The standard InChI is InChI=1S/C42H48Br2N4O2/c1-39(2,3)29-17-25(18-30(37(29)49)40(4,5)6)23-45-47-35-15-13-27(21-33(35)43)28-14-16-36(34(44)22-28)48-46-24-26-19-31(41(7,8)9)38(50)32(20-26)42(10,11)12/h13-24H,1-12H3. The molecule has 2 aromatic carbocycles. The van der Waals surface area contributed by atoms with Gasteiger partial charge in [0.15, 0.2) is 11.6 Å². The first-order valence-corrected chi connectivity index (χ1v) is 18.3. The summed E-state index contributed by atoms with van der Waals surface area (Å²) < 4.78 is 1.60. The van der Waals surface area contributed by atoms with E-state index in [1.54, 1.807) is 12.4 Å². The zero-order valence-corrected chi connectivity index (χ0v) is 34.5. The third-order valence-corrected chi connectivity index (χ3v) is 9.70. The maximum Gasteiger partial charge on any atom is 0.186 e. The Hall–Kier alpha value is -3.62. The van der Waals surface area contributed by atoms with Crippen LogP contribution in [-0.4, -0.2) is 11.6 Å². The molecular formula is C42H48Br2N4O2. The number of allylic oxidation sites excluding steroid dienone is 10. The first-order chi connectivity index (χ1) is 23.0. The van der Waals surface area contributed by atoms with Gasteiger partial charge < -0.3 is 0 Å². The van der Waals surface area contributed by atoms with Gasteiger partial charge in [0.2, 0.25) is 0 Å². The second-order valence-electron chi connectivity index (χ2n) is 16.9. The highest BCUT2D eigenvalue weighted by Gasteiger charge is 2.35. The SMILES string of the molecule is CC(C)(C)C1=CC(=CN=Nc2ccc(-c3ccc(N=NC=C4C=C(C(C)(C)C)C(=O)C(C(C)(C)C)=C4)c(Br)c3)cc2Br)C=C(C(C)(C)C)C1=O. The Kier molecular flexibility index (Phi) is 11.4. The lowest BCUT2D eigenvalue weighted by Gasteiger charge is -2.31. The number of hydrogen-bond acceptors (Lipinski definition) is 6. The fourth-order valence-corrected chi connectivity index (χ4v) is 6.45. The van der Waals surface area contributed by atoms with Crippen molar-refractivity contribution >= 4 is 54.8 Å². The normalized spacial score (nSPS) is 16.5. The summed E-state index contributed by atoms with van der Waals surface area (Å²) in [6.45, 7) is 24.6. The third-order valence-electron chi connectivity index (χ3n) is 8.43. The summed E-state index contributed by atoms with van der Waals surface area (Å²) in [6, 6.07) is 11.8. The molecule has 2 aliphatic rings. The summed E-state index contributed by atoms with van der Waals surface area (Å²) >= 11 is 7.33. The fraction of sp³-hybridized carbons (Fsp3) is 0.381. The van der Waals surface area contributed by atoms with E-state index in [4.69, 9.17) is 0 Å². The van der Waals surface area contributed by atoms with Gasteiger partial charge in [0.1, 0.15) is 0 Å². The number of azo groups is 2. The number of Topliss-reactive ketones (excluding diaryl/α,β-unsaturated/α-hetero) is 2. The quantitative estimate of drug-likeness (QED) is 0.282. The summed E-state index contributed by atoms with van der Waals surface area (Å²) in [5.74, 6) is 0.185. The predicted molar refractivity (Wildman–Crippen MR) is 213 cm³/mol. The van der Waals surface area contributed by atoms with E-state index in [0.717, 1.165) is 53.5 Å². The van der Waals surface area contributed by atoms with Crippen LogP contribution in [0.4, 0.5) is 11.4 Å². The molecule has 8 heteroatoms. The number of hydrogen-bond donors (Lipinski definition) is 0. The van der Waals surface area contributed by atoms with Crippen LogP contribution in [0.2, 0.25) is 0 Å². The average molecular weight is 801 g/mol. The molecule has 0 saturated heterocycles. The third kappa shape index (κ3) is 9.38. The number of halogens is 2. The number of nitrogens with zero attached hydrogens (tertiary/aromatic N) is 4. The lowest BCUT2D eigenvalue weighted by atomic mass is 9.72. The molecule has 50 heavy (non-hydrogen) atoms. The van der Waals surface area contributed by atoms with E-state index >= 15 is 0 Å². The van der Waals surface area contributed by atoms with Crippen LogP contribution in [0, 0.1) is 21.7 Å². The molecule has 0 radical (unpaired) electrons. The van der Waals surface area contributed by atoms with Crippen LogP contribution in [0.5, 0.6) is 0 Å². The summed E-state index contributed by atoms with van der Waals surface area (Å²) in [6.07, 6.45) is 11.1. The van der Waals surface area contributed by atoms with Crippen LogP contribution in [0.15, 0.2) is 136 Å². The summed E-state index contributed by atoms with van der Waals surface area (Å²) in [5.41, 5.74) is 6.99. The summed E-state index contributed by atoms with van der Waals surface area (Å²) in [5, 5.41) is 17.7. The van der Waals surface area contributed by atoms with Crippen molar-refractivity contribution in [3.63, 3.8) is 0 Å². The Morgan fingerprint density at radius 1 is 0.480 bits per heavy atom. The zero-order valence-electron chi connectivity index (χ0n) is 31.3. The van der Waals surface area contributed by atoms with E-state index in [1.165, 1.54) is 0 Å². The van der Waals surface area contributed by atoms with E-state index in [-0.39, 0.29) is 33.2 Å². The monoisotopic (exact) mass is 798 g/mol. The Labute approximate surface area is 314 Å². The number of rotatable bonds is 5. The molecule has 2 aromatic rings. The Morgan fingerprint density at radius 3 is 1.00 bits per heavy atom. The molecule has 6 nitrogen and oxygen atoms in total. The first-order valence-electron chi connectivity index (χ1n) is 16.8. The Balaban J connectivity index is 1.55. The molecule has 0 aliphatic heterocycles. The van der Waals surface area contributed by atoms with E-state index in [2.05, 4.69) is 135 Å². The van der Waals surface area contributed by atoms with Crippen molar-refractivity contribution in [2.75, 3.05) is 0 Å². The maximum atomic E-state index is 13.2. The van der Waals surface area contributed by atoms with Crippen LogP contribution in [-0.2, 0) is 9.59 Å². The first kappa shape index (κ1) is 39.2. The van der Waals surface area contributed by atoms with Crippen molar-refractivity contribution in [1.29, 1.82) is 0 Å². The van der Waals surface area contributed by atoms with E-state index in [0.29, 0.717) is 11.4 Å². The second kappa shape index (κ2) is 14.5. The fourth-order valence-electron chi connectivity index (χ4n) is 5.53. The highest BCUT2D eigenvalue weighted by Crippen LogP contribution is 2.41. The highest BCUT2D eigenvalue weighted by atomic mass is 79.9. The minimum atomic E-state index is -0.287. The van der Waals surface area contributed by atoms with Crippen molar-refractivity contribution in [2.24, 2.45) is 42.1 Å². The molecular weight excluding hydrogens is 752 g/mol. The van der Waals surface area contributed by atoms with Crippen molar-refractivity contribution in [1.82, 2.24) is 0 Å². The Bertz CT molecular complexity index is 1760. The smallest absolute Gasteiger partial charge is 0.186 e. The van der Waals surface area contributed by atoms with Gasteiger partial charge in [-0.3, -0.25) is 9.59 Å². The molecule has 0 fully saturated rings. The van der Waals surface area contributed by atoms with Gasteiger partial charge in [0, 0.05) is 31.2 Å². The zero-order chi connectivity index (χ0) is 37.4. The summed E-state index contributed by atoms with van der Waals surface area (Å²) in [7, 11) is 0. The van der Waals surface area contributed by atoms with E-state index in [9.17, 15) is 9.59 Å². The van der Waals surface area contributed by atoms with Gasteiger partial charge in [-0.05, 0) is 124 Å². The number of carbonyl (C=O) groups is 2. The van der Waals surface area contributed by atoms with Crippen molar-refractivity contribution in [2.45, 2.75) is 83.1 Å². The van der Waals surface area contributed by atoms with Gasteiger partial charge >= 0.3 is 0 Å². The van der Waals surface area contributed by atoms with Crippen LogP contribution >= 0.6 is 31.9 Å². The number of benzene rings is 2. The van der Waals surface area contributed by atoms with Gasteiger partial charge in [-0.2, -0.15) is 10.2 Å². The van der Waals surface area contributed by atoms with Crippen LogP contribution < -0.4 is 0 Å². The lowest BCUT2D eigenvalue weighted by molar-refractivity contribution is -0.114. The van der Waals surface area contributed by atoms with Crippen LogP contribution in [0.25, 0.3) is 11.1 Å². The molecule has 0 heterocycles. The predicted octanol–water partition coefficient (Wildman–Crippen LogP) is 13.9. The number of carbonyl (C=O) groups excluding carboxylic acids is 2. The van der Waals surface area contributed by atoms with Crippen molar-refractivity contribution in [3.05, 3.63) is 115 Å². The lowest BCUT2D eigenvalue weighted by Crippen LogP contribution is -2.27. The van der Waals surface area contributed by atoms with Crippen molar-refractivity contribution < 1.29 is 9.59 Å². The molecule has 0 atom stereocenters. The topological polar surface area (TPSA) is 83.6 Å². The molecule has 4 rings (SSSR count). The van der Waals surface area contributed by atoms with Crippen LogP contribution in [0.1, 0.15) is 83.1 Å². The molecule has 0 N–H and O–H groups in total. The van der Waals surface area contributed by atoms with Crippen LogP contribution in [0.3, 0.4) is 0 Å². The Morgan fingerprint density at radius 2 is 0.760 bits per heavy atom. The average Bonchev–Trinajstić information content (AvgIpc) is 2.97. The van der Waals surface area contributed by atoms with Gasteiger partial charge in [0.05, 0.1) is 23.8 Å². The molecule has 2 aliphatic carbocycles. The molecule has 0 unspecified atom stereocenters. The van der Waals surface area contributed by atoms with Crippen molar-refractivity contribution in [3.8, 4) is 11.1 Å².